The van der Waals surface area contributed by atoms with Crippen LogP contribution in [0.4, 0.5) is 0 Å². The highest BCUT2D eigenvalue weighted by molar-refractivity contribution is 5.86. The molecule has 4 heterocycles. The lowest BCUT2D eigenvalue weighted by atomic mass is 10.2. The average Bonchev–Trinajstić information content (AvgIpc) is 3.16. The lowest BCUT2D eigenvalue weighted by Gasteiger charge is -2.23. The van der Waals surface area contributed by atoms with Gasteiger partial charge in [-0.25, -0.2) is 9.67 Å². The van der Waals surface area contributed by atoms with Crippen LogP contribution in [0.15, 0.2) is 36.8 Å². The Balaban J connectivity index is 1.63. The number of pyridine rings is 2. The second-order valence-corrected chi connectivity index (χ2v) is 6.08. The van der Waals surface area contributed by atoms with E-state index in [1.54, 1.807) is 24.2 Å². The smallest absolute Gasteiger partial charge is 0.223 e. The Kier molecular flexibility index (Phi) is 5.05. The number of nitrogens with one attached hydrogen (secondary N) is 1. The summed E-state index contributed by atoms with van der Waals surface area (Å²) in [4.78, 5) is 9.15. The van der Waals surface area contributed by atoms with Gasteiger partial charge in [0.2, 0.25) is 5.88 Å². The van der Waals surface area contributed by atoms with E-state index in [1.807, 2.05) is 24.4 Å². The van der Waals surface area contributed by atoms with Crippen LogP contribution in [0.25, 0.3) is 22.2 Å². The third kappa shape index (κ3) is 3.67. The molecule has 8 nitrogen and oxygen atoms in total. The highest BCUT2D eigenvalue weighted by atomic mass is 16.5. The first kappa shape index (κ1) is 16.9. The van der Waals surface area contributed by atoms with Crippen LogP contribution in [0.1, 0.15) is 0 Å². The quantitative estimate of drug-likeness (QED) is 0.717. The summed E-state index contributed by atoms with van der Waals surface area (Å²) < 4.78 is 18.5. The summed E-state index contributed by atoms with van der Waals surface area (Å²) in [5, 5.41) is 8.45. The van der Waals surface area contributed by atoms with E-state index in [-0.39, 0.29) is 6.10 Å². The van der Waals surface area contributed by atoms with Gasteiger partial charge >= 0.3 is 0 Å². The molecule has 4 rings (SSSR count). The van der Waals surface area contributed by atoms with Crippen LogP contribution in [-0.2, 0) is 16.2 Å². The van der Waals surface area contributed by atoms with Crippen LogP contribution < -0.4 is 10.1 Å². The van der Waals surface area contributed by atoms with Gasteiger partial charge in [-0.05, 0) is 18.2 Å². The van der Waals surface area contributed by atoms with Gasteiger partial charge in [-0.3, -0.25) is 4.98 Å². The summed E-state index contributed by atoms with van der Waals surface area (Å²) >= 11 is 0. The van der Waals surface area contributed by atoms with Gasteiger partial charge in [0.25, 0.3) is 0 Å². The molecule has 1 fully saturated rings. The molecule has 26 heavy (non-hydrogen) atoms. The summed E-state index contributed by atoms with van der Waals surface area (Å²) in [5.41, 5.74) is 2.47. The Morgan fingerprint density at radius 3 is 3.23 bits per heavy atom. The van der Waals surface area contributed by atoms with Gasteiger partial charge in [-0.1, -0.05) is 0 Å². The first-order valence-corrected chi connectivity index (χ1v) is 8.56. The first-order valence-electron chi connectivity index (χ1n) is 8.56. The monoisotopic (exact) mass is 355 g/mol. The maximum atomic E-state index is 6.01. The summed E-state index contributed by atoms with van der Waals surface area (Å²) in [7, 11) is 1.63. The van der Waals surface area contributed by atoms with Crippen molar-refractivity contribution >= 4 is 10.9 Å². The minimum absolute atomic E-state index is 0.0189. The van der Waals surface area contributed by atoms with E-state index >= 15 is 0 Å². The minimum atomic E-state index is 0.0189. The van der Waals surface area contributed by atoms with Gasteiger partial charge in [0.05, 0.1) is 29.4 Å². The molecule has 3 aromatic heterocycles. The SMILES string of the molecule is COCn1cc(-c2cc3ncccc3c(OC[C@@H]3CNCCO3)n2)cn1. The van der Waals surface area contributed by atoms with Gasteiger partial charge in [-0.15, -0.1) is 0 Å². The molecule has 0 amide bonds. The van der Waals surface area contributed by atoms with Crippen molar-refractivity contribution in [2.45, 2.75) is 12.8 Å². The number of hydrogen-bond donors (Lipinski definition) is 1. The van der Waals surface area contributed by atoms with E-state index in [2.05, 4.69) is 15.4 Å². The lowest BCUT2D eigenvalue weighted by Crippen LogP contribution is -2.41. The van der Waals surface area contributed by atoms with E-state index < -0.39 is 0 Å². The number of nitrogens with zero attached hydrogens (tertiary/aromatic N) is 4. The van der Waals surface area contributed by atoms with Gasteiger partial charge in [-0.2, -0.15) is 5.10 Å². The molecule has 0 spiro atoms. The van der Waals surface area contributed by atoms with Crippen LogP contribution in [0.5, 0.6) is 5.88 Å². The van der Waals surface area contributed by atoms with Crippen molar-refractivity contribution in [2.24, 2.45) is 0 Å². The fourth-order valence-corrected chi connectivity index (χ4v) is 2.90. The van der Waals surface area contributed by atoms with Crippen molar-refractivity contribution < 1.29 is 14.2 Å². The van der Waals surface area contributed by atoms with Crippen molar-refractivity contribution in [3.63, 3.8) is 0 Å². The number of rotatable bonds is 6. The summed E-state index contributed by atoms with van der Waals surface area (Å²) in [6, 6.07) is 5.78. The average molecular weight is 355 g/mol. The zero-order chi connectivity index (χ0) is 17.8. The highest BCUT2D eigenvalue weighted by Gasteiger charge is 2.16. The van der Waals surface area contributed by atoms with E-state index in [9.17, 15) is 0 Å². The molecular formula is C18H21N5O3. The number of fused-ring (bicyclic) bond motifs is 1. The summed E-state index contributed by atoms with van der Waals surface area (Å²) in [5.74, 6) is 0.555. The van der Waals surface area contributed by atoms with Crippen molar-refractivity contribution in [3.05, 3.63) is 36.8 Å². The molecule has 0 bridgehead atoms. The Labute approximate surface area is 151 Å². The molecule has 1 aliphatic heterocycles. The molecule has 3 aromatic rings. The topological polar surface area (TPSA) is 83.3 Å². The predicted molar refractivity (Wildman–Crippen MR) is 95.9 cm³/mol. The molecule has 0 saturated carbocycles. The number of ether oxygens (including phenoxy) is 3. The van der Waals surface area contributed by atoms with Crippen molar-refractivity contribution in [3.8, 4) is 17.1 Å². The molecular weight excluding hydrogens is 334 g/mol. The van der Waals surface area contributed by atoms with Crippen molar-refractivity contribution in [1.29, 1.82) is 0 Å². The van der Waals surface area contributed by atoms with Gasteiger partial charge in [0, 0.05) is 38.2 Å². The molecule has 0 radical (unpaired) electrons. The van der Waals surface area contributed by atoms with E-state index in [1.165, 1.54) is 0 Å². The molecule has 0 unspecified atom stereocenters. The van der Waals surface area contributed by atoms with Crippen LogP contribution in [0.3, 0.4) is 0 Å². The summed E-state index contributed by atoms with van der Waals surface area (Å²) in [6.45, 7) is 3.18. The van der Waals surface area contributed by atoms with Gasteiger partial charge in [0.15, 0.2) is 0 Å². The molecule has 136 valence electrons. The lowest BCUT2D eigenvalue weighted by molar-refractivity contribution is -0.000365. The first-order chi connectivity index (χ1) is 12.8. The molecule has 0 aliphatic carbocycles. The van der Waals surface area contributed by atoms with Gasteiger partial charge in [0.1, 0.15) is 19.4 Å². The molecule has 8 heteroatoms. The minimum Gasteiger partial charge on any atom is -0.474 e. The van der Waals surface area contributed by atoms with Gasteiger partial charge < -0.3 is 19.5 Å². The molecule has 1 saturated heterocycles. The van der Waals surface area contributed by atoms with Crippen LogP contribution in [0, 0.1) is 0 Å². The van der Waals surface area contributed by atoms with E-state index in [4.69, 9.17) is 19.2 Å². The van der Waals surface area contributed by atoms with E-state index in [0.717, 1.165) is 35.2 Å². The van der Waals surface area contributed by atoms with E-state index in [0.29, 0.717) is 25.8 Å². The Morgan fingerprint density at radius 2 is 2.38 bits per heavy atom. The third-order valence-electron chi connectivity index (χ3n) is 4.17. The van der Waals surface area contributed by atoms with Crippen molar-refractivity contribution in [1.82, 2.24) is 25.1 Å². The largest absolute Gasteiger partial charge is 0.474 e. The highest BCUT2D eigenvalue weighted by Crippen LogP contribution is 2.28. The second kappa shape index (κ2) is 7.77. The molecule has 1 atom stereocenters. The third-order valence-corrected chi connectivity index (χ3v) is 4.17. The fraction of sp³-hybridized carbons (Fsp3) is 0.389. The molecule has 1 aliphatic rings. The standard InChI is InChI=1S/C18H21N5O3/c1-24-12-23-10-13(8-21-23)16-7-17-15(3-2-4-20-17)18(22-16)26-11-14-9-19-5-6-25-14/h2-4,7-8,10,14,19H,5-6,9,11-12H2,1H3/t14-/m0/s1. The zero-order valence-electron chi connectivity index (χ0n) is 14.6. The second-order valence-electron chi connectivity index (χ2n) is 6.08. The predicted octanol–water partition coefficient (Wildman–Crippen LogP) is 1.46. The van der Waals surface area contributed by atoms with Crippen LogP contribution in [0.2, 0.25) is 0 Å². The Morgan fingerprint density at radius 1 is 1.42 bits per heavy atom. The zero-order valence-corrected chi connectivity index (χ0v) is 14.6. The Hall–Kier alpha value is -2.55. The summed E-state index contributed by atoms with van der Waals surface area (Å²) in [6.07, 6.45) is 5.43. The van der Waals surface area contributed by atoms with Crippen LogP contribution >= 0.6 is 0 Å². The number of hydrogen-bond acceptors (Lipinski definition) is 7. The van der Waals surface area contributed by atoms with Crippen molar-refractivity contribution in [2.75, 3.05) is 33.4 Å². The fourth-order valence-electron chi connectivity index (χ4n) is 2.90. The molecule has 0 aromatic carbocycles. The number of methoxy groups -OCH3 is 1. The number of aromatic nitrogens is 4. The maximum Gasteiger partial charge on any atom is 0.223 e. The molecule has 1 N–H and O–H groups in total. The Bertz CT molecular complexity index is 876. The maximum absolute atomic E-state index is 6.01. The number of morpholine rings is 1. The normalized spacial score (nSPS) is 17.5. The van der Waals surface area contributed by atoms with Crippen LogP contribution in [-0.4, -0.2) is 59.3 Å².